The van der Waals surface area contributed by atoms with Crippen molar-refractivity contribution in [1.82, 2.24) is 9.88 Å². The van der Waals surface area contributed by atoms with Crippen LogP contribution in [0.2, 0.25) is 0 Å². The number of fused-ring (bicyclic) bond motifs is 1. The first kappa shape index (κ1) is 26.1. The number of carbonyl (C=O) groups excluding carboxylic acids is 1. The van der Waals surface area contributed by atoms with E-state index in [2.05, 4.69) is 18.7 Å². The number of sulfone groups is 1. The first-order chi connectivity index (χ1) is 17.1. The van der Waals surface area contributed by atoms with Crippen LogP contribution in [-0.2, 0) is 40.6 Å². The summed E-state index contributed by atoms with van der Waals surface area (Å²) in [5, 5.41) is 9.75. The summed E-state index contributed by atoms with van der Waals surface area (Å²) in [6.07, 6.45) is 0.457. The number of thiazole rings is 1. The fourth-order valence-corrected chi connectivity index (χ4v) is 6.65. The highest BCUT2D eigenvalue weighted by Crippen LogP contribution is 2.42. The van der Waals surface area contributed by atoms with Crippen molar-refractivity contribution in [3.05, 3.63) is 80.6 Å². The van der Waals surface area contributed by atoms with Crippen LogP contribution in [0, 0.1) is 23.1 Å². The van der Waals surface area contributed by atoms with Crippen LogP contribution in [0.3, 0.4) is 0 Å². The molecule has 1 aliphatic rings. The van der Waals surface area contributed by atoms with Gasteiger partial charge in [-0.25, -0.2) is 17.8 Å². The van der Waals surface area contributed by atoms with Gasteiger partial charge in [-0.2, -0.15) is 5.26 Å². The van der Waals surface area contributed by atoms with Crippen LogP contribution in [0.5, 0.6) is 0 Å². The summed E-state index contributed by atoms with van der Waals surface area (Å²) in [4.78, 5) is 21.2. The average molecular weight is 526 g/mol. The maximum atomic E-state index is 14.1. The molecule has 1 atom stereocenters. The molecule has 2 heterocycles. The Bertz CT molecular complexity index is 1420. The lowest BCUT2D eigenvalue weighted by Gasteiger charge is -2.27. The molecule has 0 radical (unpaired) electrons. The summed E-state index contributed by atoms with van der Waals surface area (Å²) in [6.45, 7) is 7.08. The Labute approximate surface area is 215 Å². The van der Waals surface area contributed by atoms with Crippen LogP contribution in [0.15, 0.2) is 47.4 Å². The van der Waals surface area contributed by atoms with Gasteiger partial charge in [-0.3, -0.25) is 9.69 Å². The minimum Gasteiger partial charge on any atom is -0.299 e. The van der Waals surface area contributed by atoms with Crippen molar-refractivity contribution in [2.75, 3.05) is 5.75 Å². The topological polar surface area (TPSA) is 91.1 Å². The molecule has 1 aromatic heterocycles. The summed E-state index contributed by atoms with van der Waals surface area (Å²) in [5.74, 6) is -0.165. The molecule has 2 aromatic carbocycles. The molecule has 1 aliphatic heterocycles. The Morgan fingerprint density at radius 2 is 1.89 bits per heavy atom. The van der Waals surface area contributed by atoms with E-state index in [9.17, 15) is 17.6 Å². The van der Waals surface area contributed by atoms with E-state index in [1.165, 1.54) is 12.1 Å². The molecule has 0 spiro atoms. The lowest BCUT2D eigenvalue weighted by Crippen LogP contribution is -2.26. The number of rotatable bonds is 9. The number of ketones is 1. The Morgan fingerprint density at radius 3 is 2.50 bits per heavy atom. The van der Waals surface area contributed by atoms with E-state index < -0.39 is 15.7 Å². The van der Waals surface area contributed by atoms with Crippen molar-refractivity contribution in [2.24, 2.45) is 5.92 Å². The predicted molar refractivity (Wildman–Crippen MR) is 137 cm³/mol. The third-order valence-electron chi connectivity index (χ3n) is 6.38. The molecular formula is C27H28FN3O3S2. The van der Waals surface area contributed by atoms with Crippen LogP contribution >= 0.6 is 11.3 Å². The maximum Gasteiger partial charge on any atom is 0.178 e. The molecule has 36 heavy (non-hydrogen) atoms. The number of aromatic nitrogens is 1. The average Bonchev–Trinajstić information content (AvgIpc) is 3.35. The highest BCUT2D eigenvalue weighted by atomic mass is 32.2. The van der Waals surface area contributed by atoms with Gasteiger partial charge >= 0.3 is 0 Å². The first-order valence-corrected chi connectivity index (χ1v) is 14.3. The number of Topliss-reactive ketones (excluding diaryl/α,β-unsaturated/α-hetero) is 1. The van der Waals surface area contributed by atoms with E-state index in [-0.39, 0.29) is 46.8 Å². The fourth-order valence-electron chi connectivity index (χ4n) is 4.60. The number of hydrogen-bond donors (Lipinski definition) is 0. The van der Waals surface area contributed by atoms with Crippen molar-refractivity contribution >= 4 is 27.0 Å². The minimum atomic E-state index is -3.26. The molecule has 9 heteroatoms. The second kappa shape index (κ2) is 10.6. The first-order valence-electron chi connectivity index (χ1n) is 11.9. The van der Waals surface area contributed by atoms with E-state index >= 15 is 0 Å². The van der Waals surface area contributed by atoms with Gasteiger partial charge in [-0.1, -0.05) is 39.0 Å². The zero-order valence-corrected chi connectivity index (χ0v) is 22.1. The van der Waals surface area contributed by atoms with E-state index in [4.69, 9.17) is 10.2 Å². The minimum absolute atomic E-state index is 0.0273. The Hall–Kier alpha value is -2.93. The highest BCUT2D eigenvalue weighted by Gasteiger charge is 2.36. The number of benzene rings is 2. The zero-order chi connectivity index (χ0) is 26.0. The Balaban J connectivity index is 1.43. The molecule has 0 unspecified atom stereocenters. The van der Waals surface area contributed by atoms with Gasteiger partial charge in [0.2, 0.25) is 0 Å². The molecule has 0 amide bonds. The molecular weight excluding hydrogens is 497 g/mol. The third-order valence-corrected chi connectivity index (χ3v) is 9.18. The molecule has 0 fully saturated rings. The molecule has 188 valence electrons. The van der Waals surface area contributed by atoms with Crippen LogP contribution in [0.4, 0.5) is 4.39 Å². The fraction of sp³-hybridized carbons (Fsp3) is 0.370. The largest absolute Gasteiger partial charge is 0.299 e. The number of halogens is 1. The normalized spacial score (nSPS) is 15.7. The van der Waals surface area contributed by atoms with Gasteiger partial charge in [0, 0.05) is 24.4 Å². The summed E-state index contributed by atoms with van der Waals surface area (Å²) < 4.78 is 38.1. The predicted octanol–water partition coefficient (Wildman–Crippen LogP) is 5.01. The van der Waals surface area contributed by atoms with E-state index in [1.807, 2.05) is 6.07 Å². The van der Waals surface area contributed by atoms with Crippen molar-refractivity contribution in [3.63, 3.8) is 0 Å². The van der Waals surface area contributed by atoms with Crippen molar-refractivity contribution < 1.29 is 17.6 Å². The SMILES string of the molecule is CCS(=O)(=O)c1ccc(CC(=O)Cc2nc3c(s2)CN(Cc2ccc(C#N)c(F)c2)[C@@H]3C(C)C)cc1. The molecule has 6 nitrogen and oxygen atoms in total. The lowest BCUT2D eigenvalue weighted by molar-refractivity contribution is -0.117. The van der Waals surface area contributed by atoms with Gasteiger partial charge in [0.25, 0.3) is 0 Å². The van der Waals surface area contributed by atoms with Crippen LogP contribution in [0.1, 0.15) is 59.1 Å². The van der Waals surface area contributed by atoms with Crippen LogP contribution in [0.25, 0.3) is 0 Å². The second-order valence-corrected chi connectivity index (χ2v) is 12.8. The second-order valence-electron chi connectivity index (χ2n) is 9.38. The van der Waals surface area contributed by atoms with Gasteiger partial charge in [0.1, 0.15) is 22.7 Å². The van der Waals surface area contributed by atoms with E-state index in [0.717, 1.165) is 26.7 Å². The third kappa shape index (κ3) is 5.56. The highest BCUT2D eigenvalue weighted by molar-refractivity contribution is 7.91. The van der Waals surface area contributed by atoms with Crippen molar-refractivity contribution in [3.8, 4) is 6.07 Å². The number of hydrogen-bond acceptors (Lipinski definition) is 7. The lowest BCUT2D eigenvalue weighted by atomic mass is 10.0. The molecule has 3 aromatic rings. The zero-order valence-electron chi connectivity index (χ0n) is 20.5. The van der Waals surface area contributed by atoms with Gasteiger partial charge < -0.3 is 0 Å². The van der Waals surface area contributed by atoms with Gasteiger partial charge in [-0.05, 0) is 41.3 Å². The maximum absolute atomic E-state index is 14.1. The van der Waals surface area contributed by atoms with Crippen molar-refractivity contribution in [1.29, 1.82) is 5.26 Å². The summed E-state index contributed by atoms with van der Waals surface area (Å²) in [6, 6.07) is 13.1. The Morgan fingerprint density at radius 1 is 1.19 bits per heavy atom. The smallest absolute Gasteiger partial charge is 0.178 e. The van der Waals surface area contributed by atoms with E-state index in [0.29, 0.717) is 13.1 Å². The summed E-state index contributed by atoms with van der Waals surface area (Å²) >= 11 is 1.54. The number of nitrogens with zero attached hydrogens (tertiary/aromatic N) is 3. The van der Waals surface area contributed by atoms with Gasteiger partial charge in [-0.15, -0.1) is 11.3 Å². The molecule has 0 saturated carbocycles. The quantitative estimate of drug-likeness (QED) is 0.390. The van der Waals surface area contributed by atoms with Crippen molar-refractivity contribution in [2.45, 2.75) is 57.6 Å². The molecule has 0 aliphatic carbocycles. The number of nitriles is 1. The number of carbonyl (C=O) groups is 1. The van der Waals surface area contributed by atoms with Crippen LogP contribution < -0.4 is 0 Å². The molecule has 0 saturated heterocycles. The van der Waals surface area contributed by atoms with E-state index in [1.54, 1.807) is 48.6 Å². The monoisotopic (exact) mass is 525 g/mol. The molecule has 4 rings (SSSR count). The van der Waals surface area contributed by atoms with Gasteiger partial charge in [0.15, 0.2) is 9.84 Å². The standard InChI is InChI=1S/C27H28FN3O3S2/c1-4-36(33,34)22-9-6-18(7-10-22)11-21(32)13-25-30-26-24(35-25)16-31(27(26)17(2)3)15-19-5-8-20(14-29)23(28)12-19/h5-10,12,17,27H,4,11,13,15-16H2,1-3H3/t27-/m1/s1. The van der Waals surface area contributed by atoms with Gasteiger partial charge in [0.05, 0.1) is 34.4 Å². The summed E-state index contributed by atoms with van der Waals surface area (Å²) in [5.41, 5.74) is 2.61. The Kier molecular flexibility index (Phi) is 7.69. The molecule has 0 bridgehead atoms. The van der Waals surface area contributed by atoms with Crippen LogP contribution in [-0.4, -0.2) is 29.8 Å². The molecule has 0 N–H and O–H groups in total. The summed E-state index contributed by atoms with van der Waals surface area (Å²) in [7, 11) is -3.26.